The van der Waals surface area contributed by atoms with Crippen LogP contribution in [0, 0.1) is 11.8 Å². The maximum absolute atomic E-state index is 9.56. The average molecular weight is 154 g/mol. The SMILES string of the molecule is C=C(C)[C@H]1CC[C@H](C)[C@@H](O)C1. The number of hydrogen-bond donors (Lipinski definition) is 1. The van der Waals surface area contributed by atoms with E-state index in [2.05, 4.69) is 20.4 Å². The highest BCUT2D eigenvalue weighted by Gasteiger charge is 2.25. The highest BCUT2D eigenvalue weighted by Crippen LogP contribution is 2.32. The van der Waals surface area contributed by atoms with Gasteiger partial charge in [0.1, 0.15) is 0 Å². The number of allylic oxidation sites excluding steroid dienone is 1. The minimum Gasteiger partial charge on any atom is -0.393 e. The molecule has 0 aromatic carbocycles. The van der Waals surface area contributed by atoms with Crippen LogP contribution in [0.15, 0.2) is 12.2 Å². The van der Waals surface area contributed by atoms with Gasteiger partial charge in [-0.2, -0.15) is 0 Å². The summed E-state index contributed by atoms with van der Waals surface area (Å²) in [6.45, 7) is 8.11. The first kappa shape index (κ1) is 8.79. The highest BCUT2D eigenvalue weighted by atomic mass is 16.3. The molecule has 3 atom stereocenters. The molecule has 0 saturated heterocycles. The van der Waals surface area contributed by atoms with E-state index in [1.165, 1.54) is 12.0 Å². The molecule has 1 fully saturated rings. The smallest absolute Gasteiger partial charge is 0.0571 e. The molecular weight excluding hydrogens is 136 g/mol. The Balaban J connectivity index is 2.46. The van der Waals surface area contributed by atoms with Crippen molar-refractivity contribution in [3.8, 4) is 0 Å². The van der Waals surface area contributed by atoms with Crippen LogP contribution in [0.2, 0.25) is 0 Å². The predicted molar refractivity (Wildman–Crippen MR) is 47.3 cm³/mol. The van der Waals surface area contributed by atoms with E-state index < -0.39 is 0 Å². The largest absolute Gasteiger partial charge is 0.393 e. The molecule has 1 N–H and O–H groups in total. The van der Waals surface area contributed by atoms with Gasteiger partial charge in [-0.05, 0) is 38.0 Å². The van der Waals surface area contributed by atoms with Crippen LogP contribution in [0.5, 0.6) is 0 Å². The molecule has 0 bridgehead atoms. The second-order valence-corrected chi connectivity index (χ2v) is 3.90. The van der Waals surface area contributed by atoms with Crippen LogP contribution >= 0.6 is 0 Å². The van der Waals surface area contributed by atoms with Crippen molar-refractivity contribution in [3.63, 3.8) is 0 Å². The summed E-state index contributed by atoms with van der Waals surface area (Å²) in [7, 11) is 0. The van der Waals surface area contributed by atoms with Crippen molar-refractivity contribution in [1.82, 2.24) is 0 Å². The van der Waals surface area contributed by atoms with Crippen molar-refractivity contribution < 1.29 is 5.11 Å². The third-order valence-corrected chi connectivity index (χ3v) is 2.85. The van der Waals surface area contributed by atoms with Crippen molar-refractivity contribution in [2.45, 2.75) is 39.2 Å². The lowest BCUT2D eigenvalue weighted by atomic mass is 9.78. The minimum absolute atomic E-state index is 0.0922. The van der Waals surface area contributed by atoms with Crippen molar-refractivity contribution in [1.29, 1.82) is 0 Å². The Morgan fingerprint density at radius 3 is 2.55 bits per heavy atom. The Kier molecular flexibility index (Phi) is 2.72. The predicted octanol–water partition coefficient (Wildman–Crippen LogP) is 2.36. The molecule has 1 aliphatic rings. The Bertz CT molecular complexity index is 151. The molecule has 0 heterocycles. The van der Waals surface area contributed by atoms with Gasteiger partial charge < -0.3 is 5.11 Å². The van der Waals surface area contributed by atoms with Crippen LogP contribution in [0.3, 0.4) is 0 Å². The summed E-state index contributed by atoms with van der Waals surface area (Å²) in [5.74, 6) is 1.06. The van der Waals surface area contributed by atoms with Gasteiger partial charge >= 0.3 is 0 Å². The zero-order chi connectivity index (χ0) is 8.43. The molecule has 0 amide bonds. The van der Waals surface area contributed by atoms with Crippen LogP contribution < -0.4 is 0 Å². The van der Waals surface area contributed by atoms with E-state index in [4.69, 9.17) is 0 Å². The van der Waals surface area contributed by atoms with E-state index in [0.29, 0.717) is 11.8 Å². The molecule has 0 aromatic rings. The molecule has 1 saturated carbocycles. The minimum atomic E-state index is -0.0922. The van der Waals surface area contributed by atoms with E-state index in [-0.39, 0.29) is 6.10 Å². The van der Waals surface area contributed by atoms with Crippen LogP contribution in [-0.2, 0) is 0 Å². The maximum atomic E-state index is 9.56. The molecule has 1 rings (SSSR count). The van der Waals surface area contributed by atoms with E-state index in [9.17, 15) is 5.11 Å². The molecule has 1 aliphatic carbocycles. The molecule has 64 valence electrons. The zero-order valence-corrected chi connectivity index (χ0v) is 7.51. The van der Waals surface area contributed by atoms with Crippen molar-refractivity contribution in [3.05, 3.63) is 12.2 Å². The van der Waals surface area contributed by atoms with E-state index in [1.54, 1.807) is 0 Å². The van der Waals surface area contributed by atoms with E-state index >= 15 is 0 Å². The third kappa shape index (κ3) is 2.06. The summed E-state index contributed by atoms with van der Waals surface area (Å²) in [5.41, 5.74) is 1.23. The number of hydrogen-bond acceptors (Lipinski definition) is 1. The highest BCUT2D eigenvalue weighted by molar-refractivity contribution is 4.99. The molecule has 0 radical (unpaired) electrons. The summed E-state index contributed by atoms with van der Waals surface area (Å²) >= 11 is 0. The molecule has 1 heteroatoms. The lowest BCUT2D eigenvalue weighted by Gasteiger charge is -2.31. The van der Waals surface area contributed by atoms with Crippen LogP contribution in [0.4, 0.5) is 0 Å². The molecule has 0 aliphatic heterocycles. The fourth-order valence-corrected chi connectivity index (χ4v) is 1.75. The van der Waals surface area contributed by atoms with Gasteiger partial charge in [-0.3, -0.25) is 0 Å². The van der Waals surface area contributed by atoms with E-state index in [0.717, 1.165) is 12.8 Å². The van der Waals surface area contributed by atoms with Gasteiger partial charge in [-0.15, -0.1) is 0 Å². The average Bonchev–Trinajstić information content (AvgIpc) is 1.94. The Labute approximate surface area is 69.1 Å². The van der Waals surface area contributed by atoms with Gasteiger partial charge in [0.15, 0.2) is 0 Å². The van der Waals surface area contributed by atoms with Gasteiger partial charge in [0.05, 0.1) is 6.10 Å². The van der Waals surface area contributed by atoms with Gasteiger partial charge in [0, 0.05) is 0 Å². The molecule has 0 unspecified atom stereocenters. The summed E-state index contributed by atoms with van der Waals surface area (Å²) in [6.07, 6.45) is 3.20. The monoisotopic (exact) mass is 154 g/mol. The Morgan fingerprint density at radius 2 is 2.09 bits per heavy atom. The summed E-state index contributed by atoms with van der Waals surface area (Å²) in [6, 6.07) is 0. The van der Waals surface area contributed by atoms with Crippen LogP contribution in [-0.4, -0.2) is 11.2 Å². The summed E-state index contributed by atoms with van der Waals surface area (Å²) in [4.78, 5) is 0. The standard InChI is InChI=1S/C10H18O/c1-7(2)9-5-4-8(3)10(11)6-9/h8-11H,1,4-6H2,2-3H3/t8-,9-,10-/m0/s1. The van der Waals surface area contributed by atoms with Crippen LogP contribution in [0.1, 0.15) is 33.1 Å². The molecule has 0 aromatic heterocycles. The summed E-state index contributed by atoms with van der Waals surface area (Å²) < 4.78 is 0. The van der Waals surface area contributed by atoms with E-state index in [1.807, 2.05) is 0 Å². The molecule has 1 nitrogen and oxygen atoms in total. The first-order chi connectivity index (χ1) is 5.11. The van der Waals surface area contributed by atoms with Gasteiger partial charge in [-0.1, -0.05) is 19.1 Å². The lowest BCUT2D eigenvalue weighted by Crippen LogP contribution is -2.27. The maximum Gasteiger partial charge on any atom is 0.0571 e. The zero-order valence-electron chi connectivity index (χ0n) is 7.51. The van der Waals surface area contributed by atoms with Crippen LogP contribution in [0.25, 0.3) is 0 Å². The molecule has 0 spiro atoms. The Morgan fingerprint density at radius 1 is 1.45 bits per heavy atom. The number of rotatable bonds is 1. The van der Waals surface area contributed by atoms with Crippen molar-refractivity contribution in [2.24, 2.45) is 11.8 Å². The normalized spacial score (nSPS) is 38.6. The second kappa shape index (κ2) is 3.40. The van der Waals surface area contributed by atoms with Gasteiger partial charge in [-0.25, -0.2) is 0 Å². The fourth-order valence-electron chi connectivity index (χ4n) is 1.75. The fraction of sp³-hybridized carbons (Fsp3) is 0.800. The quantitative estimate of drug-likeness (QED) is 0.575. The summed E-state index contributed by atoms with van der Waals surface area (Å²) in [5, 5.41) is 9.56. The topological polar surface area (TPSA) is 20.2 Å². The first-order valence-electron chi connectivity index (χ1n) is 4.44. The van der Waals surface area contributed by atoms with Gasteiger partial charge in [0.25, 0.3) is 0 Å². The lowest BCUT2D eigenvalue weighted by molar-refractivity contribution is 0.0614. The number of aliphatic hydroxyl groups excluding tert-OH is 1. The number of aliphatic hydroxyl groups is 1. The molecular formula is C10H18O. The third-order valence-electron chi connectivity index (χ3n) is 2.85. The first-order valence-corrected chi connectivity index (χ1v) is 4.44. The van der Waals surface area contributed by atoms with Crippen molar-refractivity contribution >= 4 is 0 Å². The van der Waals surface area contributed by atoms with Crippen molar-refractivity contribution in [2.75, 3.05) is 0 Å². The Hall–Kier alpha value is -0.300. The molecule has 11 heavy (non-hydrogen) atoms. The van der Waals surface area contributed by atoms with Gasteiger partial charge in [0.2, 0.25) is 0 Å². The second-order valence-electron chi connectivity index (χ2n) is 3.90.